The summed E-state index contributed by atoms with van der Waals surface area (Å²) in [6.45, 7) is 3.03. The van der Waals surface area contributed by atoms with Crippen LogP contribution < -0.4 is 4.90 Å². The molecule has 0 amide bonds. The fourth-order valence-corrected chi connectivity index (χ4v) is 2.05. The zero-order chi connectivity index (χ0) is 12.3. The van der Waals surface area contributed by atoms with E-state index < -0.39 is 0 Å². The number of hydrogen-bond acceptors (Lipinski definition) is 4. The first-order chi connectivity index (χ1) is 8.20. The number of hydrogen-bond donors (Lipinski definition) is 0. The van der Waals surface area contributed by atoms with Crippen molar-refractivity contribution in [2.45, 2.75) is 38.8 Å². The lowest BCUT2D eigenvalue weighted by molar-refractivity contribution is 0.128. The second-order valence-corrected chi connectivity index (χ2v) is 4.69. The third-order valence-electron chi connectivity index (χ3n) is 3.15. The highest BCUT2D eigenvalue weighted by Crippen LogP contribution is 2.28. The average Bonchev–Trinajstić information content (AvgIpc) is 2.23. The van der Waals surface area contributed by atoms with Crippen LogP contribution in [0.3, 0.4) is 0 Å². The first kappa shape index (κ1) is 12.6. The second kappa shape index (κ2) is 5.65. The summed E-state index contributed by atoms with van der Waals surface area (Å²) in [6.07, 6.45) is 3.78. The molecule has 1 aromatic heterocycles. The third-order valence-corrected chi connectivity index (χ3v) is 3.34. The van der Waals surface area contributed by atoms with Gasteiger partial charge in [0.15, 0.2) is 5.82 Å². The molecule has 0 bridgehead atoms. The summed E-state index contributed by atoms with van der Waals surface area (Å²) >= 11 is 6.01. The number of anilines is 1. The van der Waals surface area contributed by atoms with Crippen LogP contribution in [0.2, 0.25) is 5.15 Å². The number of halogens is 1. The molecule has 0 aliphatic heterocycles. The van der Waals surface area contributed by atoms with Gasteiger partial charge >= 0.3 is 0 Å². The Bertz CT molecular complexity index is 382. The van der Waals surface area contributed by atoms with Crippen molar-refractivity contribution >= 4 is 17.4 Å². The Balaban J connectivity index is 2.12. The fourth-order valence-electron chi connectivity index (χ4n) is 1.85. The van der Waals surface area contributed by atoms with Gasteiger partial charge in [-0.1, -0.05) is 11.6 Å². The molecule has 94 valence electrons. The Labute approximate surface area is 107 Å². The SMILES string of the molecule is CCOCc1nc(Cl)cc(N(C)C2CCC2)n1. The fraction of sp³-hybridized carbons (Fsp3) is 0.667. The molecule has 2 rings (SSSR count). The zero-order valence-corrected chi connectivity index (χ0v) is 11.1. The quantitative estimate of drug-likeness (QED) is 0.759. The molecule has 1 fully saturated rings. The van der Waals surface area contributed by atoms with Crippen molar-refractivity contribution in [1.29, 1.82) is 0 Å². The Hall–Kier alpha value is -0.870. The van der Waals surface area contributed by atoms with E-state index in [9.17, 15) is 0 Å². The molecule has 0 spiro atoms. The lowest BCUT2D eigenvalue weighted by Crippen LogP contribution is -2.37. The molecule has 1 aliphatic carbocycles. The van der Waals surface area contributed by atoms with Crippen molar-refractivity contribution in [2.75, 3.05) is 18.6 Å². The van der Waals surface area contributed by atoms with E-state index in [2.05, 4.69) is 21.9 Å². The van der Waals surface area contributed by atoms with Crippen molar-refractivity contribution in [3.05, 3.63) is 17.0 Å². The van der Waals surface area contributed by atoms with E-state index in [0.717, 1.165) is 5.82 Å². The Morgan fingerprint density at radius 3 is 2.82 bits per heavy atom. The lowest BCUT2D eigenvalue weighted by atomic mass is 9.92. The van der Waals surface area contributed by atoms with E-state index in [1.54, 1.807) is 0 Å². The van der Waals surface area contributed by atoms with Gasteiger partial charge in [0.25, 0.3) is 0 Å². The molecule has 0 aromatic carbocycles. The lowest BCUT2D eigenvalue weighted by Gasteiger charge is -2.35. The molecular weight excluding hydrogens is 238 g/mol. The Morgan fingerprint density at radius 2 is 2.24 bits per heavy atom. The van der Waals surface area contributed by atoms with Crippen molar-refractivity contribution in [3.8, 4) is 0 Å². The van der Waals surface area contributed by atoms with E-state index in [1.807, 2.05) is 13.0 Å². The van der Waals surface area contributed by atoms with Gasteiger partial charge in [-0.2, -0.15) is 0 Å². The third kappa shape index (κ3) is 3.07. The van der Waals surface area contributed by atoms with Crippen molar-refractivity contribution in [3.63, 3.8) is 0 Å². The minimum absolute atomic E-state index is 0.419. The summed E-state index contributed by atoms with van der Waals surface area (Å²) in [6, 6.07) is 2.41. The summed E-state index contributed by atoms with van der Waals surface area (Å²) in [5.41, 5.74) is 0. The normalized spacial score (nSPS) is 15.7. The molecule has 1 heterocycles. The van der Waals surface area contributed by atoms with Gasteiger partial charge in [0.05, 0.1) is 0 Å². The molecule has 4 nitrogen and oxygen atoms in total. The van der Waals surface area contributed by atoms with Gasteiger partial charge < -0.3 is 9.64 Å². The molecule has 0 atom stereocenters. The minimum Gasteiger partial charge on any atom is -0.374 e. The van der Waals surface area contributed by atoms with Gasteiger partial charge in [0, 0.05) is 25.8 Å². The van der Waals surface area contributed by atoms with Crippen LogP contribution in [-0.2, 0) is 11.3 Å². The number of ether oxygens (including phenoxy) is 1. The molecule has 5 heteroatoms. The van der Waals surface area contributed by atoms with Gasteiger partial charge in [-0.05, 0) is 26.2 Å². The van der Waals surface area contributed by atoms with E-state index >= 15 is 0 Å². The van der Waals surface area contributed by atoms with Crippen LogP contribution in [0.5, 0.6) is 0 Å². The summed E-state index contributed by atoms with van der Waals surface area (Å²) in [5, 5.41) is 0.482. The van der Waals surface area contributed by atoms with Crippen LogP contribution in [0, 0.1) is 0 Å². The maximum Gasteiger partial charge on any atom is 0.158 e. The van der Waals surface area contributed by atoms with E-state index in [4.69, 9.17) is 16.3 Å². The summed E-state index contributed by atoms with van der Waals surface area (Å²) in [7, 11) is 2.06. The highest BCUT2D eigenvalue weighted by molar-refractivity contribution is 6.29. The molecule has 17 heavy (non-hydrogen) atoms. The summed E-state index contributed by atoms with van der Waals surface area (Å²) in [5.74, 6) is 1.55. The predicted octanol–water partition coefficient (Wildman–Crippen LogP) is 2.66. The monoisotopic (exact) mass is 255 g/mol. The largest absolute Gasteiger partial charge is 0.374 e. The number of aromatic nitrogens is 2. The standard InChI is InChI=1S/C12H18ClN3O/c1-3-17-8-11-14-10(13)7-12(15-11)16(2)9-5-4-6-9/h7,9H,3-6,8H2,1-2H3. The zero-order valence-electron chi connectivity index (χ0n) is 10.3. The minimum atomic E-state index is 0.419. The predicted molar refractivity (Wildman–Crippen MR) is 68.4 cm³/mol. The van der Waals surface area contributed by atoms with Crippen LogP contribution >= 0.6 is 11.6 Å². The van der Waals surface area contributed by atoms with E-state index in [-0.39, 0.29) is 0 Å². The second-order valence-electron chi connectivity index (χ2n) is 4.30. The molecule has 0 N–H and O–H groups in total. The molecule has 1 aliphatic rings. The van der Waals surface area contributed by atoms with Crippen LogP contribution in [0.1, 0.15) is 32.0 Å². The van der Waals surface area contributed by atoms with Crippen molar-refractivity contribution in [1.82, 2.24) is 9.97 Å². The van der Waals surface area contributed by atoms with Gasteiger partial charge in [-0.15, -0.1) is 0 Å². The van der Waals surface area contributed by atoms with Crippen LogP contribution in [0.4, 0.5) is 5.82 Å². The molecule has 1 saturated carbocycles. The van der Waals surface area contributed by atoms with Gasteiger partial charge in [-0.3, -0.25) is 0 Å². The first-order valence-electron chi connectivity index (χ1n) is 6.04. The topological polar surface area (TPSA) is 38.2 Å². The number of nitrogens with zero attached hydrogens (tertiary/aromatic N) is 3. The Kier molecular flexibility index (Phi) is 4.18. The van der Waals surface area contributed by atoms with E-state index in [1.165, 1.54) is 19.3 Å². The molecule has 0 unspecified atom stereocenters. The summed E-state index contributed by atoms with van der Waals surface area (Å²) in [4.78, 5) is 10.8. The molecular formula is C12H18ClN3O. The van der Waals surface area contributed by atoms with Crippen LogP contribution in [0.15, 0.2) is 6.07 Å². The van der Waals surface area contributed by atoms with E-state index in [0.29, 0.717) is 30.2 Å². The molecule has 1 aromatic rings. The highest BCUT2D eigenvalue weighted by Gasteiger charge is 2.23. The van der Waals surface area contributed by atoms with Crippen LogP contribution in [-0.4, -0.2) is 29.7 Å². The smallest absolute Gasteiger partial charge is 0.158 e. The summed E-state index contributed by atoms with van der Waals surface area (Å²) < 4.78 is 5.31. The maximum absolute atomic E-state index is 6.01. The van der Waals surface area contributed by atoms with Crippen molar-refractivity contribution < 1.29 is 4.74 Å². The number of rotatable bonds is 5. The molecule has 0 radical (unpaired) electrons. The first-order valence-corrected chi connectivity index (χ1v) is 6.42. The molecule has 0 saturated heterocycles. The van der Waals surface area contributed by atoms with Crippen molar-refractivity contribution in [2.24, 2.45) is 0 Å². The van der Waals surface area contributed by atoms with Crippen LogP contribution in [0.25, 0.3) is 0 Å². The van der Waals surface area contributed by atoms with Gasteiger partial charge in [0.1, 0.15) is 17.6 Å². The van der Waals surface area contributed by atoms with Gasteiger partial charge in [0.2, 0.25) is 0 Å². The highest BCUT2D eigenvalue weighted by atomic mass is 35.5. The average molecular weight is 256 g/mol. The van der Waals surface area contributed by atoms with Gasteiger partial charge in [-0.25, -0.2) is 9.97 Å². The maximum atomic E-state index is 6.01. The Morgan fingerprint density at radius 1 is 1.47 bits per heavy atom.